The van der Waals surface area contributed by atoms with Crippen LogP contribution in [0.4, 0.5) is 11.4 Å². The van der Waals surface area contributed by atoms with Crippen LogP contribution in [0.3, 0.4) is 0 Å². The van der Waals surface area contributed by atoms with Gasteiger partial charge in [0.05, 0.1) is 11.4 Å². The van der Waals surface area contributed by atoms with Crippen molar-refractivity contribution >= 4 is 17.3 Å². The summed E-state index contributed by atoms with van der Waals surface area (Å²) in [7, 11) is 0. The Labute approximate surface area is 108 Å². The largest absolute Gasteiger partial charge is 0.486 e. The molecular weight excluding hydrogens is 248 g/mol. The lowest BCUT2D eigenvalue weighted by Gasteiger charge is -2.20. The van der Waals surface area contributed by atoms with Crippen molar-refractivity contribution in [3.63, 3.8) is 0 Å². The Morgan fingerprint density at radius 2 is 2.05 bits per heavy atom. The number of aromatic nitrogens is 2. The zero-order chi connectivity index (χ0) is 13.2. The van der Waals surface area contributed by atoms with Gasteiger partial charge in [0, 0.05) is 18.3 Å². The number of H-pyrrole nitrogens is 1. The lowest BCUT2D eigenvalue weighted by molar-refractivity contribution is 0.102. The van der Waals surface area contributed by atoms with Crippen LogP contribution >= 0.6 is 0 Å². The molecule has 0 aliphatic carbocycles. The van der Waals surface area contributed by atoms with E-state index in [1.807, 2.05) is 0 Å². The fourth-order valence-electron chi connectivity index (χ4n) is 1.78. The molecular formula is C12H12N4O3. The van der Waals surface area contributed by atoms with E-state index in [-0.39, 0.29) is 5.91 Å². The molecule has 0 spiro atoms. The summed E-state index contributed by atoms with van der Waals surface area (Å²) in [6, 6.07) is 4.86. The van der Waals surface area contributed by atoms with Crippen LogP contribution in [0.25, 0.3) is 0 Å². The molecule has 0 radical (unpaired) electrons. The van der Waals surface area contributed by atoms with Crippen molar-refractivity contribution in [3.05, 3.63) is 30.1 Å². The summed E-state index contributed by atoms with van der Waals surface area (Å²) < 4.78 is 10.8. The normalized spacial score (nSPS) is 13.1. The minimum Gasteiger partial charge on any atom is -0.486 e. The molecule has 1 aromatic heterocycles. The maximum absolute atomic E-state index is 11.9. The highest BCUT2D eigenvalue weighted by Gasteiger charge is 2.16. The topological polar surface area (TPSA) is 102 Å². The summed E-state index contributed by atoms with van der Waals surface area (Å²) in [5.41, 5.74) is 7.12. The van der Waals surface area contributed by atoms with Crippen molar-refractivity contribution in [2.75, 3.05) is 24.3 Å². The molecule has 0 saturated heterocycles. The van der Waals surface area contributed by atoms with E-state index in [1.54, 1.807) is 18.2 Å². The average Bonchev–Trinajstić information content (AvgIpc) is 2.93. The van der Waals surface area contributed by atoms with Gasteiger partial charge in [-0.25, -0.2) is 0 Å². The van der Waals surface area contributed by atoms with E-state index in [4.69, 9.17) is 15.2 Å². The maximum Gasteiger partial charge on any atom is 0.273 e. The van der Waals surface area contributed by atoms with Crippen LogP contribution in [0.2, 0.25) is 0 Å². The average molecular weight is 260 g/mol. The van der Waals surface area contributed by atoms with Gasteiger partial charge in [0.25, 0.3) is 5.91 Å². The van der Waals surface area contributed by atoms with E-state index < -0.39 is 0 Å². The summed E-state index contributed by atoms with van der Waals surface area (Å²) in [4.78, 5) is 11.9. The van der Waals surface area contributed by atoms with Crippen LogP contribution in [0.1, 0.15) is 10.5 Å². The van der Waals surface area contributed by atoms with Crippen molar-refractivity contribution in [1.29, 1.82) is 0 Å². The van der Waals surface area contributed by atoms with Gasteiger partial charge in [-0.15, -0.1) is 0 Å². The standard InChI is InChI=1S/C12H12N4O3/c13-7-5-10-11(19-4-3-18-10)6-9(7)15-12(17)8-1-2-14-16-8/h1-2,5-6H,3-4,13H2,(H,14,16)(H,15,17). The first-order valence-electron chi connectivity index (χ1n) is 5.74. The number of nitrogens with two attached hydrogens (primary N) is 1. The van der Waals surface area contributed by atoms with Crippen LogP contribution < -0.4 is 20.5 Å². The third-order valence-corrected chi connectivity index (χ3v) is 2.71. The molecule has 0 atom stereocenters. The van der Waals surface area contributed by atoms with E-state index in [9.17, 15) is 4.79 Å². The predicted molar refractivity (Wildman–Crippen MR) is 68.4 cm³/mol. The Balaban J connectivity index is 1.87. The van der Waals surface area contributed by atoms with Crippen molar-refractivity contribution in [2.45, 2.75) is 0 Å². The van der Waals surface area contributed by atoms with Crippen LogP contribution in [0.5, 0.6) is 11.5 Å². The first-order valence-corrected chi connectivity index (χ1v) is 5.74. The predicted octanol–water partition coefficient (Wildman–Crippen LogP) is 1.02. The zero-order valence-electron chi connectivity index (χ0n) is 9.97. The number of hydrogen-bond donors (Lipinski definition) is 3. The molecule has 0 unspecified atom stereocenters. The number of nitrogens with one attached hydrogen (secondary N) is 2. The Hall–Kier alpha value is -2.70. The number of carbonyl (C=O) groups excluding carboxylic acids is 1. The second-order valence-corrected chi connectivity index (χ2v) is 4.01. The number of anilines is 2. The number of nitrogen functional groups attached to an aromatic ring is 1. The van der Waals surface area contributed by atoms with E-state index in [1.165, 1.54) is 6.20 Å². The lowest BCUT2D eigenvalue weighted by atomic mass is 10.2. The van der Waals surface area contributed by atoms with Crippen molar-refractivity contribution in [2.24, 2.45) is 0 Å². The number of hydrogen-bond acceptors (Lipinski definition) is 5. The molecule has 0 fully saturated rings. The van der Waals surface area contributed by atoms with Crippen LogP contribution in [0, 0.1) is 0 Å². The van der Waals surface area contributed by atoms with Crippen molar-refractivity contribution in [3.8, 4) is 11.5 Å². The quantitative estimate of drug-likeness (QED) is 0.699. The minimum atomic E-state index is -0.319. The second-order valence-electron chi connectivity index (χ2n) is 4.01. The van der Waals surface area contributed by atoms with Crippen molar-refractivity contribution < 1.29 is 14.3 Å². The van der Waals surface area contributed by atoms with Gasteiger partial charge >= 0.3 is 0 Å². The molecule has 2 heterocycles. The Kier molecular flexibility index (Phi) is 2.71. The SMILES string of the molecule is Nc1cc2c(cc1NC(=O)c1ccn[nH]1)OCCO2. The molecule has 4 N–H and O–H groups in total. The number of nitrogens with zero attached hydrogens (tertiary/aromatic N) is 1. The summed E-state index contributed by atoms with van der Waals surface area (Å²) in [5.74, 6) is 0.838. The molecule has 1 amide bonds. The lowest BCUT2D eigenvalue weighted by Crippen LogP contribution is -2.17. The third-order valence-electron chi connectivity index (χ3n) is 2.71. The Morgan fingerprint density at radius 1 is 1.32 bits per heavy atom. The Bertz CT molecular complexity index is 610. The molecule has 1 aromatic carbocycles. The minimum absolute atomic E-state index is 0.319. The summed E-state index contributed by atoms with van der Waals surface area (Å²) >= 11 is 0. The number of rotatable bonds is 2. The monoisotopic (exact) mass is 260 g/mol. The number of fused-ring (bicyclic) bond motifs is 1. The smallest absolute Gasteiger partial charge is 0.273 e. The van der Waals surface area contributed by atoms with E-state index >= 15 is 0 Å². The third kappa shape index (κ3) is 2.17. The van der Waals surface area contributed by atoms with Crippen LogP contribution in [-0.4, -0.2) is 29.3 Å². The number of benzene rings is 1. The van der Waals surface area contributed by atoms with Crippen LogP contribution in [-0.2, 0) is 0 Å². The van der Waals surface area contributed by atoms with Gasteiger partial charge in [0.1, 0.15) is 18.9 Å². The number of carbonyl (C=O) groups is 1. The molecule has 7 nitrogen and oxygen atoms in total. The molecule has 19 heavy (non-hydrogen) atoms. The highest BCUT2D eigenvalue weighted by molar-refractivity contribution is 6.04. The Morgan fingerprint density at radius 3 is 2.74 bits per heavy atom. The molecule has 7 heteroatoms. The molecule has 1 aliphatic heterocycles. The summed E-state index contributed by atoms with van der Waals surface area (Å²) in [5, 5.41) is 8.99. The maximum atomic E-state index is 11.9. The number of aromatic amines is 1. The first-order chi connectivity index (χ1) is 9.24. The molecule has 0 saturated carbocycles. The van der Waals surface area contributed by atoms with E-state index in [2.05, 4.69) is 15.5 Å². The summed E-state index contributed by atoms with van der Waals surface area (Å²) in [6.07, 6.45) is 1.50. The second kappa shape index (κ2) is 4.52. The van der Waals surface area contributed by atoms with Gasteiger partial charge in [-0.1, -0.05) is 0 Å². The van der Waals surface area contributed by atoms with E-state index in [0.717, 1.165) is 0 Å². The molecule has 98 valence electrons. The molecule has 2 aromatic rings. The highest BCUT2D eigenvalue weighted by Crippen LogP contribution is 2.36. The van der Waals surface area contributed by atoms with E-state index in [0.29, 0.717) is 41.8 Å². The van der Waals surface area contributed by atoms with Gasteiger partial charge in [-0.05, 0) is 6.07 Å². The van der Waals surface area contributed by atoms with Gasteiger partial charge in [-0.3, -0.25) is 9.89 Å². The van der Waals surface area contributed by atoms with Gasteiger partial charge in [-0.2, -0.15) is 5.10 Å². The molecule has 1 aliphatic rings. The van der Waals surface area contributed by atoms with Gasteiger partial charge in [0.2, 0.25) is 0 Å². The van der Waals surface area contributed by atoms with Gasteiger partial charge < -0.3 is 20.5 Å². The molecule has 3 rings (SSSR count). The molecule has 0 bridgehead atoms. The highest BCUT2D eigenvalue weighted by atomic mass is 16.6. The van der Waals surface area contributed by atoms with Crippen molar-refractivity contribution in [1.82, 2.24) is 10.2 Å². The number of amides is 1. The number of ether oxygens (including phenoxy) is 2. The van der Waals surface area contributed by atoms with Crippen LogP contribution in [0.15, 0.2) is 24.4 Å². The van der Waals surface area contributed by atoms with Gasteiger partial charge in [0.15, 0.2) is 11.5 Å². The zero-order valence-corrected chi connectivity index (χ0v) is 9.97. The fourth-order valence-corrected chi connectivity index (χ4v) is 1.78. The summed E-state index contributed by atoms with van der Waals surface area (Å²) in [6.45, 7) is 0.969. The first kappa shape index (κ1) is 11.4. The fraction of sp³-hybridized carbons (Fsp3) is 0.167.